The minimum atomic E-state index is -4.55. The van der Waals surface area contributed by atoms with E-state index in [0.29, 0.717) is 64.3 Å². The minimum Gasteiger partial charge on any atom is -0.460 e. The van der Waals surface area contributed by atoms with Crippen LogP contribution < -0.4 is 16.7 Å². The van der Waals surface area contributed by atoms with Gasteiger partial charge in [0.2, 0.25) is 5.91 Å². The molecule has 2 aliphatic heterocycles. The molecule has 14 nitrogen and oxygen atoms in total. The van der Waals surface area contributed by atoms with Gasteiger partial charge in [0.15, 0.2) is 0 Å². The average Bonchev–Trinajstić information content (AvgIpc) is 4.06. The van der Waals surface area contributed by atoms with Gasteiger partial charge in [-0.1, -0.05) is 30.7 Å². The zero-order valence-corrected chi connectivity index (χ0v) is 42.4. The van der Waals surface area contributed by atoms with Gasteiger partial charge < -0.3 is 35.1 Å². The van der Waals surface area contributed by atoms with Crippen LogP contribution in [0.25, 0.3) is 0 Å². The number of unbranched alkanes of at least 4 members (excludes halogenated alkanes) is 3. The molecule has 1 aromatic heterocycles. The number of ether oxygens (including phenoxy) is 3. The number of carbonyl (C=O) groups is 4. The molecule has 3 aromatic rings. The Labute approximate surface area is 417 Å². The topological polar surface area (TPSA) is 167 Å². The van der Waals surface area contributed by atoms with Gasteiger partial charge in [-0.3, -0.25) is 23.5 Å². The first kappa shape index (κ1) is 60.2. The molecule has 3 N–H and O–H groups in total. The molecular weight excluding hydrogens is 962 g/mol. The fraction of sp³-hybridized carbons (Fsp3) is 0.620. The normalized spacial score (nSPS) is 15.0. The van der Waals surface area contributed by atoms with E-state index in [1.165, 1.54) is 57.3 Å². The zero-order chi connectivity index (χ0) is 53.0. The highest BCUT2D eigenvalue weighted by Crippen LogP contribution is 2.36. The summed E-state index contributed by atoms with van der Waals surface area (Å²) in [5, 5.41) is 2.70. The van der Waals surface area contributed by atoms with E-state index in [0.717, 1.165) is 50.3 Å². The lowest BCUT2D eigenvalue weighted by Gasteiger charge is -2.29. The van der Waals surface area contributed by atoms with Gasteiger partial charge in [-0.2, -0.15) is 26.3 Å². The molecule has 5 rings (SSSR count). The lowest BCUT2D eigenvalue weighted by molar-refractivity contribution is -0.157. The van der Waals surface area contributed by atoms with Crippen LogP contribution in [-0.4, -0.2) is 106 Å². The number of halogens is 7. The maximum Gasteiger partial charge on any atom is 0.416 e. The van der Waals surface area contributed by atoms with E-state index in [-0.39, 0.29) is 42.5 Å². The molecule has 0 saturated carbocycles. The molecule has 2 unspecified atom stereocenters. The molecule has 398 valence electrons. The number of benzene rings is 2. The molecule has 71 heavy (non-hydrogen) atoms. The monoisotopic (exact) mass is 1030 g/mol. The van der Waals surface area contributed by atoms with Crippen molar-refractivity contribution in [3.05, 3.63) is 93.7 Å². The highest BCUT2D eigenvalue weighted by atomic mass is 35.5. The molecule has 3 heterocycles. The maximum absolute atomic E-state index is 13.3. The fourth-order valence-electron chi connectivity index (χ4n) is 7.62. The van der Waals surface area contributed by atoms with Crippen molar-refractivity contribution in [1.82, 2.24) is 24.3 Å². The Kier molecular flexibility index (Phi) is 24.0. The van der Waals surface area contributed by atoms with Crippen molar-refractivity contribution in [2.45, 2.75) is 148 Å². The Morgan fingerprint density at radius 1 is 0.732 bits per heavy atom. The predicted molar refractivity (Wildman–Crippen MR) is 258 cm³/mol. The SMILES string of the molecule is C1CCOC1.CC(C)(C)OC(=O)CC(c1cccc(C(F)(F)F)c1)N1CCN(CCCCCC(=O)NCCCl)C1=O.CC(C)(C)OC(=O)CC(c1cccc(C(F)(F)F)c1)n1ccn(CCCCN)c1=O. The average molecular weight is 1030 g/mol. The van der Waals surface area contributed by atoms with Crippen LogP contribution in [0, 0.1) is 0 Å². The zero-order valence-electron chi connectivity index (χ0n) is 41.6. The summed E-state index contributed by atoms with van der Waals surface area (Å²) in [6, 6.07) is 7.24. The van der Waals surface area contributed by atoms with Crippen LogP contribution in [0.1, 0.15) is 140 Å². The summed E-state index contributed by atoms with van der Waals surface area (Å²) in [5.41, 5.74) is 2.31. The summed E-state index contributed by atoms with van der Waals surface area (Å²) >= 11 is 5.54. The third-order valence-corrected chi connectivity index (χ3v) is 11.1. The van der Waals surface area contributed by atoms with Crippen molar-refractivity contribution in [3.8, 4) is 0 Å². The highest BCUT2D eigenvalue weighted by Gasteiger charge is 2.38. The van der Waals surface area contributed by atoms with E-state index in [1.807, 2.05) is 0 Å². The molecule has 2 atom stereocenters. The molecule has 0 radical (unpaired) electrons. The smallest absolute Gasteiger partial charge is 0.416 e. The number of hydrogen-bond acceptors (Lipinski definition) is 9. The third kappa shape index (κ3) is 21.7. The van der Waals surface area contributed by atoms with Gasteiger partial charge in [-0.15, -0.1) is 11.6 Å². The second-order valence-electron chi connectivity index (χ2n) is 19.2. The van der Waals surface area contributed by atoms with E-state index in [4.69, 9.17) is 31.5 Å². The number of urea groups is 1. The van der Waals surface area contributed by atoms with Crippen LogP contribution in [0.2, 0.25) is 0 Å². The first-order valence-electron chi connectivity index (χ1n) is 24.0. The number of rotatable bonds is 20. The summed E-state index contributed by atoms with van der Waals surface area (Å²) in [6.07, 6.45) is -0.0890. The number of nitrogens with zero attached hydrogens (tertiary/aromatic N) is 4. The Morgan fingerprint density at radius 2 is 1.27 bits per heavy atom. The summed E-state index contributed by atoms with van der Waals surface area (Å²) in [5.74, 6) is -0.907. The molecule has 2 aliphatic rings. The van der Waals surface area contributed by atoms with Crippen molar-refractivity contribution in [2.24, 2.45) is 5.73 Å². The van der Waals surface area contributed by atoms with Gasteiger partial charge in [-0.05, 0) is 122 Å². The summed E-state index contributed by atoms with van der Waals surface area (Å²) < 4.78 is 98.0. The number of amides is 3. The molecule has 2 fully saturated rings. The van der Waals surface area contributed by atoms with Gasteiger partial charge in [-0.25, -0.2) is 9.59 Å². The second kappa shape index (κ2) is 28.2. The molecule has 2 saturated heterocycles. The van der Waals surface area contributed by atoms with Gasteiger partial charge in [0.25, 0.3) is 0 Å². The Hall–Kier alpha value is -5.08. The molecule has 3 amide bonds. The van der Waals surface area contributed by atoms with E-state index in [9.17, 15) is 50.3 Å². The quantitative estimate of drug-likeness (QED) is 0.0485. The van der Waals surface area contributed by atoms with E-state index < -0.39 is 64.4 Å². The van der Waals surface area contributed by atoms with Crippen molar-refractivity contribution < 1.29 is 59.7 Å². The molecule has 0 aliphatic carbocycles. The standard InChI is InChI=1S/C25H35ClF3N3O4.C21H28F3N3O3.C4H8O/c1-24(2,3)36-22(34)17-20(18-8-7-9-19(16-18)25(27,28)29)32-15-14-31(23(32)35)13-6-4-5-10-21(33)30-12-11-26;1-20(2,3)30-18(28)14-17(15-7-6-8-16(13-15)21(22,23)24)27-12-11-26(19(27)29)10-5-4-9-25;1-2-4-5-3-1/h7-9,16,20H,4-6,10-15,17H2,1-3H3,(H,30,33);6-8,11-13,17H,4-5,9-10,14,25H2,1-3H3;1-4H2. The van der Waals surface area contributed by atoms with Crippen LogP contribution in [0.15, 0.2) is 65.7 Å². The molecule has 2 aromatic carbocycles. The molecule has 0 bridgehead atoms. The van der Waals surface area contributed by atoms with Gasteiger partial charge in [0.1, 0.15) is 11.2 Å². The number of nitrogens with one attached hydrogen (secondary N) is 1. The third-order valence-electron chi connectivity index (χ3n) is 10.9. The first-order chi connectivity index (χ1) is 33.2. The van der Waals surface area contributed by atoms with E-state index in [1.54, 1.807) is 52.6 Å². The van der Waals surface area contributed by atoms with E-state index in [2.05, 4.69) is 5.32 Å². The van der Waals surface area contributed by atoms with Crippen molar-refractivity contribution in [1.29, 1.82) is 0 Å². The Morgan fingerprint density at radius 3 is 1.76 bits per heavy atom. The number of imidazole rings is 1. The fourth-order valence-corrected chi connectivity index (χ4v) is 7.72. The number of aryl methyl sites for hydroxylation is 1. The first-order valence-corrected chi connectivity index (χ1v) is 24.5. The largest absolute Gasteiger partial charge is 0.460 e. The van der Waals surface area contributed by atoms with Gasteiger partial charge in [0.05, 0.1) is 36.1 Å². The highest BCUT2D eigenvalue weighted by molar-refractivity contribution is 6.18. The predicted octanol–water partition coefficient (Wildman–Crippen LogP) is 9.66. The summed E-state index contributed by atoms with van der Waals surface area (Å²) in [7, 11) is 0. The molecule has 21 heteroatoms. The van der Waals surface area contributed by atoms with Crippen molar-refractivity contribution in [2.75, 3.05) is 51.8 Å². The number of carbonyl (C=O) groups excluding carboxylic acids is 4. The lowest BCUT2D eigenvalue weighted by atomic mass is 9.99. The van der Waals surface area contributed by atoms with Crippen LogP contribution in [-0.2, 0) is 47.5 Å². The van der Waals surface area contributed by atoms with Crippen molar-refractivity contribution >= 4 is 35.5 Å². The molecule has 0 spiro atoms. The number of alkyl halides is 7. The second-order valence-corrected chi connectivity index (χ2v) is 19.5. The minimum absolute atomic E-state index is 0.0647. The molecular formula is C50H71ClF6N6O8. The number of aromatic nitrogens is 2. The van der Waals surface area contributed by atoms with Crippen LogP contribution in [0.5, 0.6) is 0 Å². The van der Waals surface area contributed by atoms with Gasteiger partial charge >= 0.3 is 36.0 Å². The van der Waals surface area contributed by atoms with Crippen molar-refractivity contribution in [3.63, 3.8) is 0 Å². The maximum atomic E-state index is 13.3. The lowest BCUT2D eigenvalue weighted by Crippen LogP contribution is -2.37. The van der Waals surface area contributed by atoms with Crippen LogP contribution in [0.4, 0.5) is 31.1 Å². The summed E-state index contributed by atoms with van der Waals surface area (Å²) in [6.45, 7) is 14.7. The Bertz CT molecular complexity index is 2190. The van der Waals surface area contributed by atoms with Crippen LogP contribution >= 0.6 is 11.6 Å². The van der Waals surface area contributed by atoms with E-state index >= 15 is 0 Å². The van der Waals surface area contributed by atoms with Gasteiger partial charge in [0, 0.05) is 70.6 Å². The number of nitrogens with two attached hydrogens (primary N) is 1. The number of esters is 2. The van der Waals surface area contributed by atoms with Crippen LogP contribution in [0.3, 0.4) is 0 Å². The summed E-state index contributed by atoms with van der Waals surface area (Å²) in [4.78, 5) is 65.8. The number of hydrogen-bond donors (Lipinski definition) is 2. The Balaban J connectivity index is 0.000000345.